The van der Waals surface area contributed by atoms with Crippen molar-refractivity contribution in [3.05, 3.63) is 23.4 Å². The molecule has 6 nitrogen and oxygen atoms in total. The monoisotopic (exact) mass is 289 g/mol. The highest BCUT2D eigenvalue weighted by atomic mass is 16.1. The number of hydrogen-bond acceptors (Lipinski definition) is 5. The molecule has 1 amide bonds. The molecule has 4 heterocycles. The van der Waals surface area contributed by atoms with Gasteiger partial charge in [-0.2, -0.15) is 0 Å². The molecule has 3 saturated heterocycles. The average molecular weight is 289 g/mol. The average Bonchev–Trinajstić information content (AvgIpc) is 2.55. The lowest BCUT2D eigenvalue weighted by Crippen LogP contribution is -2.57. The van der Waals surface area contributed by atoms with Gasteiger partial charge >= 0.3 is 0 Å². The lowest BCUT2D eigenvalue weighted by atomic mass is 9.84. The number of nitrogens with two attached hydrogens (primary N) is 1. The number of amides is 1. The first kappa shape index (κ1) is 14.3. The van der Waals surface area contributed by atoms with E-state index in [2.05, 4.69) is 20.6 Å². The van der Waals surface area contributed by atoms with E-state index < -0.39 is 0 Å². The molecule has 6 heteroatoms. The summed E-state index contributed by atoms with van der Waals surface area (Å²) in [7, 11) is 0. The van der Waals surface area contributed by atoms with Crippen LogP contribution in [0.1, 0.15) is 35.8 Å². The maximum atomic E-state index is 12.5. The molecule has 1 atom stereocenters. The minimum Gasteiger partial charge on any atom is -0.348 e. The summed E-state index contributed by atoms with van der Waals surface area (Å²) < 4.78 is 0. The highest BCUT2D eigenvalue weighted by molar-refractivity contribution is 5.95. The second-order valence-corrected chi connectivity index (χ2v) is 5.95. The lowest BCUT2D eigenvalue weighted by molar-refractivity contribution is 0.0620. The van der Waals surface area contributed by atoms with Crippen molar-refractivity contribution in [3.8, 4) is 0 Å². The van der Waals surface area contributed by atoms with Crippen molar-refractivity contribution in [2.45, 2.75) is 32.2 Å². The Morgan fingerprint density at radius 2 is 2.19 bits per heavy atom. The van der Waals surface area contributed by atoms with Gasteiger partial charge in [-0.25, -0.2) is 10.8 Å². The molecule has 4 N–H and O–H groups in total. The van der Waals surface area contributed by atoms with Gasteiger partial charge in [-0.15, -0.1) is 0 Å². The molecule has 21 heavy (non-hydrogen) atoms. The van der Waals surface area contributed by atoms with Crippen LogP contribution in [0, 0.1) is 5.92 Å². The van der Waals surface area contributed by atoms with Gasteiger partial charge in [0.1, 0.15) is 5.82 Å². The van der Waals surface area contributed by atoms with E-state index in [-0.39, 0.29) is 11.9 Å². The van der Waals surface area contributed by atoms with Gasteiger partial charge in [0, 0.05) is 23.8 Å². The van der Waals surface area contributed by atoms with Gasteiger partial charge in [0.15, 0.2) is 0 Å². The Balaban J connectivity index is 1.73. The van der Waals surface area contributed by atoms with Crippen LogP contribution in [0.3, 0.4) is 0 Å². The third kappa shape index (κ3) is 3.01. The third-order valence-corrected chi connectivity index (χ3v) is 4.62. The topological polar surface area (TPSA) is 83.3 Å². The summed E-state index contributed by atoms with van der Waals surface area (Å²) in [6.07, 6.45) is 3.16. The molecule has 4 rings (SSSR count). The fraction of sp³-hybridized carbons (Fsp3) is 0.600. The summed E-state index contributed by atoms with van der Waals surface area (Å²) in [5, 5.41) is 3.19. The van der Waals surface area contributed by atoms with Gasteiger partial charge in [0.2, 0.25) is 0 Å². The van der Waals surface area contributed by atoms with Crippen LogP contribution >= 0.6 is 0 Å². The number of carbonyl (C=O) groups is 1. The van der Waals surface area contributed by atoms with Crippen molar-refractivity contribution in [3.63, 3.8) is 0 Å². The van der Waals surface area contributed by atoms with Crippen LogP contribution in [0.2, 0.25) is 0 Å². The number of nitrogens with one attached hydrogen (secondary N) is 2. The summed E-state index contributed by atoms with van der Waals surface area (Å²) in [6.45, 7) is 5.34. The van der Waals surface area contributed by atoms with Crippen LogP contribution in [-0.2, 0) is 6.42 Å². The van der Waals surface area contributed by atoms with Gasteiger partial charge < -0.3 is 15.6 Å². The van der Waals surface area contributed by atoms with Crippen LogP contribution in [0.5, 0.6) is 0 Å². The summed E-state index contributed by atoms with van der Waals surface area (Å²) in [5.41, 5.74) is 4.02. The zero-order chi connectivity index (χ0) is 14.8. The second kappa shape index (κ2) is 5.99. The zero-order valence-corrected chi connectivity index (χ0v) is 12.4. The molecule has 0 aromatic carbocycles. The summed E-state index contributed by atoms with van der Waals surface area (Å²) >= 11 is 0. The smallest absolute Gasteiger partial charge is 0.251 e. The number of fused-ring (bicyclic) bond motifs is 3. The fourth-order valence-corrected chi connectivity index (χ4v) is 3.35. The van der Waals surface area contributed by atoms with Gasteiger partial charge in [0.05, 0.1) is 0 Å². The van der Waals surface area contributed by atoms with E-state index in [4.69, 9.17) is 5.84 Å². The first-order valence-electron chi connectivity index (χ1n) is 7.70. The van der Waals surface area contributed by atoms with E-state index in [1.165, 1.54) is 25.9 Å². The Labute approximate surface area is 125 Å². The number of aryl methyl sites for hydroxylation is 1. The summed E-state index contributed by atoms with van der Waals surface area (Å²) in [4.78, 5) is 19.2. The maximum Gasteiger partial charge on any atom is 0.251 e. The third-order valence-electron chi connectivity index (χ3n) is 4.62. The van der Waals surface area contributed by atoms with Crippen LogP contribution < -0.4 is 16.6 Å². The Hall–Kier alpha value is -1.66. The Morgan fingerprint density at radius 1 is 1.43 bits per heavy atom. The van der Waals surface area contributed by atoms with Crippen molar-refractivity contribution in [1.29, 1.82) is 0 Å². The number of anilines is 1. The Bertz CT molecular complexity index is 503. The highest BCUT2D eigenvalue weighted by Crippen LogP contribution is 2.27. The number of hydrazine groups is 1. The number of nitrogen functional groups attached to an aromatic ring is 1. The fourth-order valence-electron chi connectivity index (χ4n) is 3.35. The minimum absolute atomic E-state index is 0.0256. The molecule has 0 spiro atoms. The van der Waals surface area contributed by atoms with E-state index in [1.54, 1.807) is 6.07 Å². The molecule has 3 fully saturated rings. The first-order chi connectivity index (χ1) is 10.2. The summed E-state index contributed by atoms with van der Waals surface area (Å²) in [5.74, 6) is 6.56. The SMILES string of the molecule is CCc1cc(C(=O)NC2CN3CCC2CC3)cc(NN)n1. The molecule has 3 aliphatic heterocycles. The molecule has 2 bridgehead atoms. The number of aromatic nitrogens is 1. The van der Waals surface area contributed by atoms with Crippen molar-refractivity contribution in [1.82, 2.24) is 15.2 Å². The Morgan fingerprint density at radius 3 is 2.76 bits per heavy atom. The van der Waals surface area contributed by atoms with E-state index in [0.29, 0.717) is 17.3 Å². The van der Waals surface area contributed by atoms with Crippen LogP contribution in [-0.4, -0.2) is 41.5 Å². The first-order valence-corrected chi connectivity index (χ1v) is 7.70. The van der Waals surface area contributed by atoms with Gasteiger partial charge in [-0.3, -0.25) is 4.79 Å². The van der Waals surface area contributed by atoms with Crippen molar-refractivity contribution >= 4 is 11.7 Å². The molecule has 0 saturated carbocycles. The second-order valence-electron chi connectivity index (χ2n) is 5.95. The van der Waals surface area contributed by atoms with E-state index in [0.717, 1.165) is 18.7 Å². The number of pyridine rings is 1. The normalized spacial score (nSPS) is 27.4. The highest BCUT2D eigenvalue weighted by Gasteiger charge is 2.34. The largest absolute Gasteiger partial charge is 0.348 e. The van der Waals surface area contributed by atoms with Crippen molar-refractivity contribution in [2.75, 3.05) is 25.1 Å². The number of hydrogen-bond donors (Lipinski definition) is 3. The molecule has 1 unspecified atom stereocenters. The molecular formula is C15H23N5O. The molecule has 0 radical (unpaired) electrons. The molecule has 1 aromatic heterocycles. The molecule has 114 valence electrons. The molecule has 3 aliphatic rings. The van der Waals surface area contributed by atoms with Gasteiger partial charge in [0.25, 0.3) is 5.91 Å². The van der Waals surface area contributed by atoms with Crippen LogP contribution in [0.4, 0.5) is 5.82 Å². The number of nitrogens with zero attached hydrogens (tertiary/aromatic N) is 2. The minimum atomic E-state index is -0.0256. The lowest BCUT2D eigenvalue weighted by Gasteiger charge is -2.44. The Kier molecular flexibility index (Phi) is 4.07. The number of piperidine rings is 3. The predicted octanol–water partition coefficient (Wildman–Crippen LogP) is 0.754. The molecule has 1 aromatic rings. The van der Waals surface area contributed by atoms with E-state index >= 15 is 0 Å². The predicted molar refractivity (Wildman–Crippen MR) is 81.8 cm³/mol. The number of rotatable bonds is 4. The van der Waals surface area contributed by atoms with E-state index in [9.17, 15) is 4.79 Å². The zero-order valence-electron chi connectivity index (χ0n) is 12.4. The van der Waals surface area contributed by atoms with Gasteiger partial charge in [-0.05, 0) is 50.4 Å². The van der Waals surface area contributed by atoms with Crippen molar-refractivity contribution < 1.29 is 4.79 Å². The summed E-state index contributed by atoms with van der Waals surface area (Å²) in [6, 6.07) is 3.82. The number of carbonyl (C=O) groups excluding carboxylic acids is 1. The molecule has 0 aliphatic carbocycles. The van der Waals surface area contributed by atoms with E-state index in [1.807, 2.05) is 13.0 Å². The maximum absolute atomic E-state index is 12.5. The van der Waals surface area contributed by atoms with Crippen molar-refractivity contribution in [2.24, 2.45) is 11.8 Å². The quantitative estimate of drug-likeness (QED) is 0.563. The molecular weight excluding hydrogens is 266 g/mol. The standard InChI is InChI=1S/C15H23N5O/c1-2-12-7-11(8-14(17-12)19-16)15(21)18-13-9-20-5-3-10(13)4-6-20/h7-8,10,13H,2-6,9,16H2,1H3,(H,17,19)(H,18,21). The van der Waals surface area contributed by atoms with Gasteiger partial charge in [-0.1, -0.05) is 6.92 Å². The van der Waals surface area contributed by atoms with Crippen LogP contribution in [0.15, 0.2) is 12.1 Å². The van der Waals surface area contributed by atoms with Crippen LogP contribution in [0.25, 0.3) is 0 Å².